The number of amides is 1. The Bertz CT molecular complexity index is 1180. The number of anilines is 1. The van der Waals surface area contributed by atoms with Gasteiger partial charge in [-0.1, -0.05) is 18.5 Å². The summed E-state index contributed by atoms with van der Waals surface area (Å²) >= 11 is 6.27. The molecule has 5 atom stereocenters. The number of fused-ring (bicyclic) bond motifs is 2. The van der Waals surface area contributed by atoms with Crippen molar-refractivity contribution < 1.29 is 22.7 Å². The maximum Gasteiger partial charge on any atom is 0.255 e. The second kappa shape index (κ2) is 8.12. The summed E-state index contributed by atoms with van der Waals surface area (Å²) < 4.78 is 40.5. The average molecular weight is 480 g/mol. The lowest BCUT2D eigenvalue weighted by Gasteiger charge is -2.40. The highest BCUT2D eigenvalue weighted by atomic mass is 35.5. The van der Waals surface area contributed by atoms with Gasteiger partial charge >= 0.3 is 0 Å². The SMILES string of the molecule is Cc1cc(NC(=O)c2ccc(Cl)c(S(=O)(=O)[C@@H]3CC4C[C@H](C)[C@@H](C3)[C@]4(C)O)c2)ccc1F. The van der Waals surface area contributed by atoms with Gasteiger partial charge in [0, 0.05) is 11.3 Å². The Balaban J connectivity index is 1.61. The molecule has 0 saturated heterocycles. The first-order valence-electron chi connectivity index (χ1n) is 10.7. The van der Waals surface area contributed by atoms with Gasteiger partial charge in [0.05, 0.1) is 20.8 Å². The monoisotopic (exact) mass is 479 g/mol. The van der Waals surface area contributed by atoms with E-state index in [-0.39, 0.29) is 39.1 Å². The minimum atomic E-state index is -3.81. The van der Waals surface area contributed by atoms with Crippen molar-refractivity contribution in [2.75, 3.05) is 5.32 Å². The largest absolute Gasteiger partial charge is 0.390 e. The van der Waals surface area contributed by atoms with Crippen molar-refractivity contribution in [3.8, 4) is 0 Å². The molecule has 2 fully saturated rings. The molecule has 1 unspecified atom stereocenters. The molecule has 172 valence electrons. The fourth-order valence-corrected chi connectivity index (χ4v) is 7.83. The van der Waals surface area contributed by atoms with Crippen LogP contribution < -0.4 is 5.32 Å². The molecule has 0 spiro atoms. The van der Waals surface area contributed by atoms with Gasteiger partial charge in [0.2, 0.25) is 0 Å². The molecule has 2 aliphatic carbocycles. The van der Waals surface area contributed by atoms with E-state index in [1.54, 1.807) is 6.92 Å². The third-order valence-electron chi connectivity index (χ3n) is 7.34. The number of carbonyl (C=O) groups is 1. The lowest BCUT2D eigenvalue weighted by molar-refractivity contribution is -0.0466. The van der Waals surface area contributed by atoms with Crippen LogP contribution in [0, 0.1) is 30.5 Å². The van der Waals surface area contributed by atoms with Crippen LogP contribution >= 0.6 is 11.6 Å². The molecule has 2 saturated carbocycles. The molecule has 1 amide bonds. The summed E-state index contributed by atoms with van der Waals surface area (Å²) in [5, 5.41) is 12.9. The van der Waals surface area contributed by atoms with Crippen molar-refractivity contribution in [1.82, 2.24) is 0 Å². The molecule has 4 rings (SSSR count). The molecule has 0 aliphatic heterocycles. The standard InChI is InChI=1S/C24H27ClFNO4S/c1-13-8-16-11-18(12-19(13)24(16,3)29)32(30,31)22-10-15(4-6-20(22)25)23(28)27-17-5-7-21(26)14(2)9-17/h4-7,9-10,13,16,18-19,29H,8,11-12H2,1-3H3,(H,27,28)/t13-,16?,18+,19+,24+/m0/s1. The number of aryl methyl sites for hydroxylation is 1. The van der Waals surface area contributed by atoms with Crippen LogP contribution in [0.4, 0.5) is 10.1 Å². The molecule has 2 aromatic carbocycles. The highest BCUT2D eigenvalue weighted by molar-refractivity contribution is 7.92. The van der Waals surface area contributed by atoms with Crippen LogP contribution in [-0.2, 0) is 9.84 Å². The lowest BCUT2D eigenvalue weighted by Crippen LogP contribution is -2.46. The Morgan fingerprint density at radius 3 is 2.56 bits per heavy atom. The number of halogens is 2. The summed E-state index contributed by atoms with van der Waals surface area (Å²) in [6, 6.07) is 8.39. The second-order valence-corrected chi connectivity index (χ2v) is 12.0. The summed E-state index contributed by atoms with van der Waals surface area (Å²) in [5.41, 5.74) is 0.0891. The Morgan fingerprint density at radius 2 is 1.91 bits per heavy atom. The third-order valence-corrected chi connectivity index (χ3v) is 9.99. The summed E-state index contributed by atoms with van der Waals surface area (Å²) in [6.45, 7) is 5.46. The molecule has 2 bridgehead atoms. The van der Waals surface area contributed by atoms with E-state index in [0.717, 1.165) is 6.42 Å². The summed E-state index contributed by atoms with van der Waals surface area (Å²) in [7, 11) is -3.81. The number of aliphatic hydroxyl groups is 1. The predicted molar refractivity (Wildman–Crippen MR) is 122 cm³/mol. The van der Waals surface area contributed by atoms with Crippen LogP contribution in [0.3, 0.4) is 0 Å². The first kappa shape index (κ1) is 23.2. The van der Waals surface area contributed by atoms with Gasteiger partial charge in [0.1, 0.15) is 5.82 Å². The molecule has 32 heavy (non-hydrogen) atoms. The van der Waals surface area contributed by atoms with E-state index in [0.29, 0.717) is 24.1 Å². The Hall–Kier alpha value is -1.96. The maximum atomic E-state index is 13.5. The van der Waals surface area contributed by atoms with E-state index in [4.69, 9.17) is 11.6 Å². The molecule has 5 nitrogen and oxygen atoms in total. The fourth-order valence-electron chi connectivity index (χ4n) is 5.45. The van der Waals surface area contributed by atoms with Crippen molar-refractivity contribution in [2.24, 2.45) is 17.8 Å². The normalized spacial score (nSPS) is 29.7. The predicted octanol–water partition coefficient (Wildman–Crippen LogP) is 5.00. The van der Waals surface area contributed by atoms with Gasteiger partial charge < -0.3 is 10.4 Å². The average Bonchev–Trinajstić information content (AvgIpc) is 2.84. The number of hydrogen-bond donors (Lipinski definition) is 2. The van der Waals surface area contributed by atoms with Crippen molar-refractivity contribution in [1.29, 1.82) is 0 Å². The number of benzene rings is 2. The third kappa shape index (κ3) is 3.95. The van der Waals surface area contributed by atoms with E-state index in [9.17, 15) is 22.7 Å². The highest BCUT2D eigenvalue weighted by Crippen LogP contribution is 2.54. The number of carbonyl (C=O) groups excluding carboxylic acids is 1. The Labute approximate surface area is 192 Å². The Kier molecular flexibility index (Phi) is 5.89. The van der Waals surface area contributed by atoms with E-state index in [2.05, 4.69) is 12.2 Å². The van der Waals surface area contributed by atoms with Gasteiger partial charge in [-0.3, -0.25) is 4.79 Å². The highest BCUT2D eigenvalue weighted by Gasteiger charge is 2.56. The van der Waals surface area contributed by atoms with E-state index < -0.39 is 26.6 Å². The van der Waals surface area contributed by atoms with E-state index in [1.807, 2.05) is 6.92 Å². The number of hydrogen-bond acceptors (Lipinski definition) is 4. The van der Waals surface area contributed by atoms with Crippen molar-refractivity contribution in [3.05, 3.63) is 58.4 Å². The van der Waals surface area contributed by atoms with E-state index >= 15 is 0 Å². The zero-order valence-corrected chi connectivity index (χ0v) is 19.8. The first-order chi connectivity index (χ1) is 14.9. The molecule has 2 aromatic rings. The minimum absolute atomic E-state index is 0.0666. The molecule has 2 aliphatic rings. The quantitative estimate of drug-likeness (QED) is 0.646. The molecule has 8 heteroatoms. The first-order valence-corrected chi connectivity index (χ1v) is 12.7. The lowest BCUT2D eigenvalue weighted by atomic mass is 9.74. The maximum absolute atomic E-state index is 13.5. The fraction of sp³-hybridized carbons (Fsp3) is 0.458. The van der Waals surface area contributed by atoms with Crippen LogP contribution in [0.5, 0.6) is 0 Å². The van der Waals surface area contributed by atoms with E-state index in [1.165, 1.54) is 36.4 Å². The molecule has 0 aromatic heterocycles. The second-order valence-electron chi connectivity index (χ2n) is 9.44. The van der Waals surface area contributed by atoms with Crippen molar-refractivity contribution >= 4 is 33.0 Å². The number of nitrogens with one attached hydrogen (secondary N) is 1. The van der Waals surface area contributed by atoms with Crippen LogP contribution in [-0.4, -0.2) is 30.3 Å². The zero-order chi connectivity index (χ0) is 23.4. The molecular weight excluding hydrogens is 453 g/mol. The van der Waals surface area contributed by atoms with Gasteiger partial charge in [-0.05, 0) is 92.8 Å². The summed E-state index contributed by atoms with van der Waals surface area (Å²) in [4.78, 5) is 12.7. The summed E-state index contributed by atoms with van der Waals surface area (Å²) in [5.74, 6) is -0.806. The van der Waals surface area contributed by atoms with Gasteiger partial charge in [0.15, 0.2) is 9.84 Å². The molecule has 2 N–H and O–H groups in total. The zero-order valence-electron chi connectivity index (χ0n) is 18.2. The van der Waals surface area contributed by atoms with Crippen LogP contribution in [0.2, 0.25) is 5.02 Å². The van der Waals surface area contributed by atoms with Crippen LogP contribution in [0.25, 0.3) is 0 Å². The molecule has 0 radical (unpaired) electrons. The molecular formula is C24H27ClFNO4S. The van der Waals surface area contributed by atoms with Crippen molar-refractivity contribution in [2.45, 2.75) is 55.8 Å². The topological polar surface area (TPSA) is 83.5 Å². The smallest absolute Gasteiger partial charge is 0.255 e. The molecule has 0 heterocycles. The van der Waals surface area contributed by atoms with Gasteiger partial charge in [0.25, 0.3) is 5.91 Å². The van der Waals surface area contributed by atoms with Crippen LogP contribution in [0.15, 0.2) is 41.3 Å². The number of sulfone groups is 1. The van der Waals surface area contributed by atoms with Gasteiger partial charge in [-0.2, -0.15) is 0 Å². The Morgan fingerprint density at radius 1 is 1.19 bits per heavy atom. The van der Waals surface area contributed by atoms with Crippen molar-refractivity contribution in [3.63, 3.8) is 0 Å². The van der Waals surface area contributed by atoms with Gasteiger partial charge in [-0.15, -0.1) is 0 Å². The summed E-state index contributed by atoms with van der Waals surface area (Å²) in [6.07, 6.45) is 1.54. The van der Waals surface area contributed by atoms with Crippen LogP contribution in [0.1, 0.15) is 49.0 Å². The minimum Gasteiger partial charge on any atom is -0.390 e. The van der Waals surface area contributed by atoms with Gasteiger partial charge in [-0.25, -0.2) is 12.8 Å². The number of rotatable bonds is 4.